The lowest BCUT2D eigenvalue weighted by molar-refractivity contribution is 0.501. The summed E-state index contributed by atoms with van der Waals surface area (Å²) in [6, 6.07) is 10.5. The topological polar surface area (TPSA) is 42.4 Å². The van der Waals surface area contributed by atoms with Crippen molar-refractivity contribution in [3.8, 4) is 0 Å². The van der Waals surface area contributed by atoms with Crippen molar-refractivity contribution in [1.82, 2.24) is 0 Å². The lowest BCUT2D eigenvalue weighted by atomic mass is 10.2. The zero-order valence-corrected chi connectivity index (χ0v) is 11.4. The molecule has 4 heteroatoms. The van der Waals surface area contributed by atoms with Crippen molar-refractivity contribution in [3.63, 3.8) is 0 Å². The Hall–Kier alpha value is -1.45. The fourth-order valence-electron chi connectivity index (χ4n) is 2.28. The van der Waals surface area contributed by atoms with E-state index in [9.17, 15) is 0 Å². The molecule has 1 aromatic heterocycles. The van der Waals surface area contributed by atoms with Crippen LogP contribution in [0.4, 0.5) is 5.69 Å². The van der Waals surface area contributed by atoms with Crippen molar-refractivity contribution in [2.75, 3.05) is 4.90 Å². The number of benzene rings is 1. The number of rotatable bonds is 5. The highest BCUT2D eigenvalue weighted by molar-refractivity contribution is 6.33. The van der Waals surface area contributed by atoms with E-state index < -0.39 is 0 Å². The molecule has 0 atom stereocenters. The van der Waals surface area contributed by atoms with Crippen molar-refractivity contribution >= 4 is 17.3 Å². The molecule has 100 valence electrons. The van der Waals surface area contributed by atoms with Crippen molar-refractivity contribution < 1.29 is 4.42 Å². The molecule has 0 radical (unpaired) electrons. The fraction of sp³-hybridized carbons (Fsp3) is 0.333. The number of hydrogen-bond donors (Lipinski definition) is 1. The van der Waals surface area contributed by atoms with Crippen molar-refractivity contribution in [2.24, 2.45) is 5.73 Å². The molecule has 1 saturated carbocycles. The lowest BCUT2D eigenvalue weighted by Crippen LogP contribution is -2.25. The van der Waals surface area contributed by atoms with E-state index in [1.54, 1.807) is 6.26 Å². The second-order valence-electron chi connectivity index (χ2n) is 4.93. The molecule has 3 nitrogen and oxygen atoms in total. The van der Waals surface area contributed by atoms with Gasteiger partial charge in [-0.3, -0.25) is 0 Å². The number of furan rings is 1. The molecular formula is C15H17ClN2O. The Morgan fingerprint density at radius 1 is 1.32 bits per heavy atom. The average Bonchev–Trinajstić information content (AvgIpc) is 3.14. The molecule has 0 aliphatic heterocycles. The molecule has 2 aromatic rings. The molecule has 0 unspecified atom stereocenters. The zero-order chi connectivity index (χ0) is 13.2. The standard InChI is InChI=1S/C15H17ClN2O/c16-14-8-11(9-17)3-6-15(14)18(12-4-5-12)10-13-2-1-7-19-13/h1-3,6-8,12H,4-5,9-10,17H2. The van der Waals surface area contributed by atoms with Crippen LogP contribution in [0.3, 0.4) is 0 Å². The van der Waals surface area contributed by atoms with Gasteiger partial charge in [0, 0.05) is 12.6 Å². The third kappa shape index (κ3) is 2.77. The van der Waals surface area contributed by atoms with E-state index in [-0.39, 0.29) is 0 Å². The first kappa shape index (κ1) is 12.6. The highest BCUT2D eigenvalue weighted by Crippen LogP contribution is 2.37. The van der Waals surface area contributed by atoms with E-state index in [4.69, 9.17) is 21.8 Å². The Morgan fingerprint density at radius 3 is 2.74 bits per heavy atom. The number of nitrogens with two attached hydrogens (primary N) is 1. The van der Waals surface area contributed by atoms with Crippen LogP contribution in [0.15, 0.2) is 41.0 Å². The molecule has 19 heavy (non-hydrogen) atoms. The summed E-state index contributed by atoms with van der Waals surface area (Å²) >= 11 is 6.39. The van der Waals surface area contributed by atoms with Crippen LogP contribution in [-0.4, -0.2) is 6.04 Å². The Labute approximate surface area is 118 Å². The molecule has 1 heterocycles. The van der Waals surface area contributed by atoms with Crippen LogP contribution in [-0.2, 0) is 13.1 Å². The van der Waals surface area contributed by atoms with Crippen molar-refractivity contribution in [1.29, 1.82) is 0 Å². The predicted molar refractivity (Wildman–Crippen MR) is 77.3 cm³/mol. The summed E-state index contributed by atoms with van der Waals surface area (Å²) in [4.78, 5) is 2.32. The van der Waals surface area contributed by atoms with Gasteiger partial charge in [-0.1, -0.05) is 17.7 Å². The van der Waals surface area contributed by atoms with Crippen LogP contribution < -0.4 is 10.6 Å². The normalized spacial score (nSPS) is 14.6. The number of anilines is 1. The molecule has 3 rings (SSSR count). The summed E-state index contributed by atoms with van der Waals surface area (Å²) in [5, 5.41) is 0.765. The quantitative estimate of drug-likeness (QED) is 0.908. The summed E-state index contributed by atoms with van der Waals surface area (Å²) < 4.78 is 5.44. The Morgan fingerprint density at radius 2 is 2.16 bits per heavy atom. The van der Waals surface area contributed by atoms with Crippen LogP contribution in [0.25, 0.3) is 0 Å². The van der Waals surface area contributed by atoms with Gasteiger partial charge in [0.05, 0.1) is 23.5 Å². The van der Waals surface area contributed by atoms with E-state index >= 15 is 0 Å². The number of hydrogen-bond acceptors (Lipinski definition) is 3. The Balaban J connectivity index is 1.87. The second kappa shape index (κ2) is 5.27. The SMILES string of the molecule is NCc1ccc(N(Cc2ccco2)C2CC2)c(Cl)c1. The molecule has 0 amide bonds. The van der Waals surface area contributed by atoms with Gasteiger partial charge in [0.1, 0.15) is 5.76 Å². The first-order valence-corrected chi connectivity index (χ1v) is 6.93. The van der Waals surface area contributed by atoms with E-state index in [0.717, 1.165) is 28.6 Å². The van der Waals surface area contributed by atoms with Gasteiger partial charge in [0.15, 0.2) is 0 Å². The monoisotopic (exact) mass is 276 g/mol. The number of halogens is 1. The average molecular weight is 277 g/mol. The van der Waals surface area contributed by atoms with Crippen LogP contribution in [0, 0.1) is 0 Å². The van der Waals surface area contributed by atoms with Crippen LogP contribution in [0.2, 0.25) is 5.02 Å². The minimum atomic E-state index is 0.515. The minimum absolute atomic E-state index is 0.515. The zero-order valence-electron chi connectivity index (χ0n) is 10.7. The molecule has 0 saturated heterocycles. The molecule has 1 fully saturated rings. The fourth-order valence-corrected chi connectivity index (χ4v) is 2.59. The van der Waals surface area contributed by atoms with Gasteiger partial charge in [-0.25, -0.2) is 0 Å². The van der Waals surface area contributed by atoms with Gasteiger partial charge < -0.3 is 15.1 Å². The second-order valence-corrected chi connectivity index (χ2v) is 5.34. The van der Waals surface area contributed by atoms with Gasteiger partial charge in [-0.15, -0.1) is 0 Å². The molecular weight excluding hydrogens is 260 g/mol. The van der Waals surface area contributed by atoms with Crippen molar-refractivity contribution in [2.45, 2.75) is 32.0 Å². The molecule has 0 bridgehead atoms. The van der Waals surface area contributed by atoms with E-state index in [1.807, 2.05) is 24.3 Å². The first-order chi connectivity index (χ1) is 9.28. The minimum Gasteiger partial charge on any atom is -0.467 e. The smallest absolute Gasteiger partial charge is 0.123 e. The van der Waals surface area contributed by atoms with Crippen LogP contribution >= 0.6 is 11.6 Å². The summed E-state index contributed by atoms with van der Waals surface area (Å²) in [7, 11) is 0. The van der Waals surface area contributed by atoms with Gasteiger partial charge in [0.25, 0.3) is 0 Å². The molecule has 1 aliphatic rings. The molecule has 0 spiro atoms. The Kier molecular flexibility index (Phi) is 3.49. The third-order valence-electron chi connectivity index (χ3n) is 3.45. The Bertz CT molecular complexity index is 549. The van der Waals surface area contributed by atoms with E-state index in [0.29, 0.717) is 12.6 Å². The third-order valence-corrected chi connectivity index (χ3v) is 3.75. The van der Waals surface area contributed by atoms with Crippen LogP contribution in [0.5, 0.6) is 0 Å². The molecule has 2 N–H and O–H groups in total. The maximum Gasteiger partial charge on any atom is 0.123 e. The molecule has 1 aromatic carbocycles. The van der Waals surface area contributed by atoms with Gasteiger partial charge in [-0.2, -0.15) is 0 Å². The van der Waals surface area contributed by atoms with E-state index in [1.165, 1.54) is 12.8 Å². The maximum absolute atomic E-state index is 6.39. The first-order valence-electron chi connectivity index (χ1n) is 6.55. The van der Waals surface area contributed by atoms with Gasteiger partial charge in [0.2, 0.25) is 0 Å². The van der Waals surface area contributed by atoms with Gasteiger partial charge in [-0.05, 0) is 42.7 Å². The highest BCUT2D eigenvalue weighted by atomic mass is 35.5. The van der Waals surface area contributed by atoms with E-state index in [2.05, 4.69) is 11.0 Å². The summed E-state index contributed by atoms with van der Waals surface area (Å²) in [5.74, 6) is 0.964. The largest absolute Gasteiger partial charge is 0.467 e. The summed E-state index contributed by atoms with van der Waals surface area (Å²) in [6.07, 6.45) is 4.14. The maximum atomic E-state index is 6.39. The van der Waals surface area contributed by atoms with Crippen LogP contribution in [0.1, 0.15) is 24.2 Å². The predicted octanol–water partition coefficient (Wildman–Crippen LogP) is 3.56. The summed E-state index contributed by atoms with van der Waals surface area (Å²) in [6.45, 7) is 1.28. The highest BCUT2D eigenvalue weighted by Gasteiger charge is 2.30. The van der Waals surface area contributed by atoms with Crippen molar-refractivity contribution in [3.05, 3.63) is 52.9 Å². The lowest BCUT2D eigenvalue weighted by Gasteiger charge is -2.25. The van der Waals surface area contributed by atoms with Gasteiger partial charge >= 0.3 is 0 Å². The number of nitrogens with zero attached hydrogens (tertiary/aromatic N) is 1. The summed E-state index contributed by atoms with van der Waals surface area (Å²) in [5.41, 5.74) is 7.76. The molecule has 1 aliphatic carbocycles.